The van der Waals surface area contributed by atoms with E-state index in [1.165, 1.54) is 5.56 Å². The fourth-order valence-corrected chi connectivity index (χ4v) is 3.63. The lowest BCUT2D eigenvalue weighted by Crippen LogP contribution is -2.30. The lowest BCUT2D eigenvalue weighted by atomic mass is 10.0. The number of nitrogens with zero attached hydrogens (tertiary/aromatic N) is 3. The molecule has 0 saturated carbocycles. The van der Waals surface area contributed by atoms with E-state index in [0.29, 0.717) is 11.5 Å². The van der Waals surface area contributed by atoms with Crippen molar-refractivity contribution < 1.29 is 9.32 Å². The molecule has 1 amide bonds. The molecule has 5 nitrogen and oxygen atoms in total. The molecule has 1 unspecified atom stereocenters. The first-order chi connectivity index (χ1) is 13.1. The molecule has 1 atom stereocenters. The number of likely N-dealkylation sites (tertiary alicyclic amines) is 1. The molecular formula is C22H23N3O2. The molecule has 0 N–H and O–H groups in total. The summed E-state index contributed by atoms with van der Waals surface area (Å²) in [6.07, 6.45) is 1.96. The van der Waals surface area contributed by atoms with Crippen molar-refractivity contribution >= 4 is 11.6 Å². The first-order valence-electron chi connectivity index (χ1n) is 9.24. The molecule has 138 valence electrons. The van der Waals surface area contributed by atoms with E-state index in [1.807, 2.05) is 49.3 Å². The zero-order valence-corrected chi connectivity index (χ0v) is 15.6. The van der Waals surface area contributed by atoms with Gasteiger partial charge in [-0.15, -0.1) is 0 Å². The Balaban J connectivity index is 1.58. The Labute approximate surface area is 159 Å². The van der Waals surface area contributed by atoms with Crippen LogP contribution in [0.5, 0.6) is 0 Å². The van der Waals surface area contributed by atoms with Crippen LogP contribution in [0.3, 0.4) is 0 Å². The number of amides is 1. The van der Waals surface area contributed by atoms with E-state index in [9.17, 15) is 4.79 Å². The van der Waals surface area contributed by atoms with E-state index in [-0.39, 0.29) is 11.9 Å². The summed E-state index contributed by atoms with van der Waals surface area (Å²) in [5, 5.41) is 4.04. The number of hydrogen-bond donors (Lipinski definition) is 0. The van der Waals surface area contributed by atoms with Crippen LogP contribution in [-0.2, 0) is 0 Å². The second-order valence-electron chi connectivity index (χ2n) is 7.09. The number of carbonyl (C=O) groups excluding carboxylic acids is 1. The summed E-state index contributed by atoms with van der Waals surface area (Å²) in [5.74, 6) is 0.544. The van der Waals surface area contributed by atoms with Crippen LogP contribution in [0.2, 0.25) is 0 Å². The van der Waals surface area contributed by atoms with E-state index in [0.717, 1.165) is 30.6 Å². The second kappa shape index (κ2) is 7.27. The van der Waals surface area contributed by atoms with E-state index < -0.39 is 0 Å². The molecule has 2 aromatic carbocycles. The summed E-state index contributed by atoms with van der Waals surface area (Å²) < 4.78 is 5.42. The molecule has 1 aromatic heterocycles. The fraction of sp³-hybridized carbons (Fsp3) is 0.273. The highest BCUT2D eigenvalue weighted by atomic mass is 16.5. The predicted octanol–water partition coefficient (Wildman–Crippen LogP) is 4.38. The van der Waals surface area contributed by atoms with Crippen LogP contribution in [0.4, 0.5) is 5.69 Å². The molecule has 1 saturated heterocycles. The summed E-state index contributed by atoms with van der Waals surface area (Å²) in [6, 6.07) is 19.9. The number of anilines is 1. The minimum Gasteiger partial charge on any atom is -0.378 e. The molecule has 1 fully saturated rings. The Morgan fingerprint density at radius 2 is 1.93 bits per heavy atom. The summed E-state index contributed by atoms with van der Waals surface area (Å²) >= 11 is 0. The van der Waals surface area contributed by atoms with Gasteiger partial charge in [0.15, 0.2) is 11.5 Å². The highest BCUT2D eigenvalue weighted by molar-refractivity contribution is 5.93. The molecule has 0 radical (unpaired) electrons. The molecule has 0 spiro atoms. The van der Waals surface area contributed by atoms with Gasteiger partial charge in [0.05, 0.1) is 6.04 Å². The number of aromatic nitrogens is 1. The molecule has 1 aliphatic rings. The third-order valence-corrected chi connectivity index (χ3v) is 5.07. The van der Waals surface area contributed by atoms with Crippen molar-refractivity contribution in [1.29, 1.82) is 0 Å². The van der Waals surface area contributed by atoms with E-state index >= 15 is 0 Å². The van der Waals surface area contributed by atoms with Crippen LogP contribution in [0.25, 0.3) is 11.3 Å². The van der Waals surface area contributed by atoms with Crippen LogP contribution < -0.4 is 4.90 Å². The second-order valence-corrected chi connectivity index (χ2v) is 7.09. The topological polar surface area (TPSA) is 49.6 Å². The van der Waals surface area contributed by atoms with E-state index in [4.69, 9.17) is 4.52 Å². The van der Waals surface area contributed by atoms with Crippen molar-refractivity contribution in [3.05, 3.63) is 71.9 Å². The van der Waals surface area contributed by atoms with Gasteiger partial charge in [-0.25, -0.2) is 0 Å². The van der Waals surface area contributed by atoms with Crippen molar-refractivity contribution in [2.75, 3.05) is 25.5 Å². The van der Waals surface area contributed by atoms with Crippen molar-refractivity contribution in [1.82, 2.24) is 10.1 Å². The first kappa shape index (κ1) is 17.3. The summed E-state index contributed by atoms with van der Waals surface area (Å²) in [5.41, 5.74) is 3.59. The summed E-state index contributed by atoms with van der Waals surface area (Å²) in [4.78, 5) is 17.1. The highest BCUT2D eigenvalue weighted by Crippen LogP contribution is 2.34. The summed E-state index contributed by atoms with van der Waals surface area (Å²) in [7, 11) is 4.05. The third-order valence-electron chi connectivity index (χ3n) is 5.07. The predicted molar refractivity (Wildman–Crippen MR) is 106 cm³/mol. The third kappa shape index (κ3) is 3.45. The van der Waals surface area contributed by atoms with Gasteiger partial charge in [-0.05, 0) is 30.5 Å². The van der Waals surface area contributed by atoms with Gasteiger partial charge in [0.25, 0.3) is 5.91 Å². The van der Waals surface area contributed by atoms with E-state index in [2.05, 4.69) is 34.3 Å². The molecule has 0 bridgehead atoms. The van der Waals surface area contributed by atoms with Crippen molar-refractivity contribution in [2.45, 2.75) is 18.9 Å². The first-order valence-corrected chi connectivity index (χ1v) is 9.24. The van der Waals surface area contributed by atoms with Crippen LogP contribution in [0.15, 0.2) is 65.2 Å². The molecule has 1 aliphatic heterocycles. The summed E-state index contributed by atoms with van der Waals surface area (Å²) in [6.45, 7) is 0.739. The number of benzene rings is 2. The van der Waals surface area contributed by atoms with Crippen molar-refractivity contribution in [2.24, 2.45) is 0 Å². The molecule has 27 heavy (non-hydrogen) atoms. The maximum Gasteiger partial charge on any atom is 0.276 e. The Hall–Kier alpha value is -3.08. The Morgan fingerprint density at radius 3 is 2.70 bits per heavy atom. The maximum absolute atomic E-state index is 13.1. The van der Waals surface area contributed by atoms with Crippen molar-refractivity contribution in [3.63, 3.8) is 0 Å². The lowest BCUT2D eigenvalue weighted by Gasteiger charge is -2.25. The highest BCUT2D eigenvalue weighted by Gasteiger charge is 2.32. The molecule has 2 heterocycles. The molecule has 5 heteroatoms. The number of hydrogen-bond acceptors (Lipinski definition) is 4. The van der Waals surface area contributed by atoms with Crippen molar-refractivity contribution in [3.8, 4) is 11.3 Å². The van der Waals surface area contributed by atoms with Gasteiger partial charge < -0.3 is 14.3 Å². The SMILES string of the molecule is CN(C)c1cccc(C2CCCN2C(=O)c2cc(-c3ccccc3)on2)c1. The van der Waals surface area contributed by atoms with Gasteiger partial charge in [0, 0.05) is 38.0 Å². The normalized spacial score (nSPS) is 16.5. The lowest BCUT2D eigenvalue weighted by molar-refractivity contribution is 0.0725. The zero-order valence-electron chi connectivity index (χ0n) is 15.6. The Bertz CT molecular complexity index is 933. The Kier molecular flexibility index (Phi) is 4.67. The number of rotatable bonds is 4. The average Bonchev–Trinajstić information content (AvgIpc) is 3.38. The van der Waals surface area contributed by atoms with Crippen LogP contribution >= 0.6 is 0 Å². The smallest absolute Gasteiger partial charge is 0.276 e. The Morgan fingerprint density at radius 1 is 1.11 bits per heavy atom. The number of carbonyl (C=O) groups is 1. The van der Waals surface area contributed by atoms with Gasteiger partial charge in [-0.2, -0.15) is 0 Å². The van der Waals surface area contributed by atoms with Crippen LogP contribution in [0.1, 0.15) is 34.9 Å². The van der Waals surface area contributed by atoms with Gasteiger partial charge in [0.2, 0.25) is 0 Å². The minimum atomic E-state index is -0.0707. The molecule has 0 aliphatic carbocycles. The molecule has 4 rings (SSSR count). The van der Waals surface area contributed by atoms with Gasteiger partial charge >= 0.3 is 0 Å². The quantitative estimate of drug-likeness (QED) is 0.692. The average molecular weight is 361 g/mol. The van der Waals surface area contributed by atoms with Crippen LogP contribution in [0, 0.1) is 0 Å². The van der Waals surface area contributed by atoms with Crippen LogP contribution in [-0.4, -0.2) is 36.6 Å². The van der Waals surface area contributed by atoms with Gasteiger partial charge in [-0.3, -0.25) is 4.79 Å². The zero-order chi connectivity index (χ0) is 18.8. The molecular weight excluding hydrogens is 338 g/mol. The van der Waals surface area contributed by atoms with Gasteiger partial charge in [-0.1, -0.05) is 47.6 Å². The molecule has 3 aromatic rings. The largest absolute Gasteiger partial charge is 0.378 e. The standard InChI is InChI=1S/C22H23N3O2/c1-24(2)18-11-6-10-17(14-18)20-12-7-13-25(20)22(26)19-15-21(27-23-19)16-8-4-3-5-9-16/h3-6,8-11,14-15,20H,7,12-13H2,1-2H3. The fourth-order valence-electron chi connectivity index (χ4n) is 3.63. The maximum atomic E-state index is 13.1. The van der Waals surface area contributed by atoms with E-state index in [1.54, 1.807) is 6.07 Å². The monoisotopic (exact) mass is 361 g/mol. The minimum absolute atomic E-state index is 0.0707. The van der Waals surface area contributed by atoms with Gasteiger partial charge in [0.1, 0.15) is 0 Å².